The zero-order valence-corrected chi connectivity index (χ0v) is 10.1. The van der Waals surface area contributed by atoms with E-state index in [1.54, 1.807) is 13.0 Å². The lowest BCUT2D eigenvalue weighted by atomic mass is 10.2. The van der Waals surface area contributed by atoms with E-state index < -0.39 is 12.1 Å². The Morgan fingerprint density at radius 2 is 2.17 bits per heavy atom. The molecule has 2 N–H and O–H groups in total. The van der Waals surface area contributed by atoms with Gasteiger partial charge in [0.1, 0.15) is 6.61 Å². The van der Waals surface area contributed by atoms with Crippen LogP contribution in [0.5, 0.6) is 11.5 Å². The van der Waals surface area contributed by atoms with Crippen LogP contribution in [0, 0.1) is 0 Å². The van der Waals surface area contributed by atoms with E-state index in [1.165, 1.54) is 12.1 Å². The topological polar surface area (TPSA) is 76.0 Å². The molecule has 0 amide bonds. The van der Waals surface area contributed by atoms with Gasteiger partial charge in [-0.05, 0) is 38.0 Å². The maximum atomic E-state index is 10.9. The number of hydrogen-bond acceptors (Lipinski definition) is 4. The number of aromatic carboxylic acids is 1. The number of aliphatic hydroxyl groups is 1. The summed E-state index contributed by atoms with van der Waals surface area (Å²) in [4.78, 5) is 10.9. The summed E-state index contributed by atoms with van der Waals surface area (Å²) in [6.45, 7) is 1.70. The highest BCUT2D eigenvalue weighted by Crippen LogP contribution is 2.34. The maximum Gasteiger partial charge on any atom is 0.335 e. The van der Waals surface area contributed by atoms with Crippen molar-refractivity contribution in [1.29, 1.82) is 0 Å². The molecule has 0 unspecified atom stereocenters. The van der Waals surface area contributed by atoms with Crippen molar-refractivity contribution in [2.75, 3.05) is 6.61 Å². The van der Waals surface area contributed by atoms with Crippen molar-refractivity contribution in [2.45, 2.75) is 32.0 Å². The number of carboxylic acid groups (broad SMARTS) is 1. The summed E-state index contributed by atoms with van der Waals surface area (Å²) in [5, 5.41) is 18.1. The minimum atomic E-state index is -1.02. The fraction of sp³-hybridized carbons (Fsp3) is 0.462. The van der Waals surface area contributed by atoms with E-state index in [9.17, 15) is 9.90 Å². The first-order chi connectivity index (χ1) is 8.56. The molecule has 1 aromatic rings. The molecular formula is C13H16O5. The highest BCUT2D eigenvalue weighted by Gasteiger charge is 2.25. The summed E-state index contributed by atoms with van der Waals surface area (Å²) in [6.07, 6.45) is 1.61. The maximum absolute atomic E-state index is 10.9. The van der Waals surface area contributed by atoms with Crippen LogP contribution in [0.15, 0.2) is 18.2 Å². The van der Waals surface area contributed by atoms with E-state index in [4.69, 9.17) is 14.6 Å². The average Bonchev–Trinajstić information content (AvgIpc) is 3.11. The monoisotopic (exact) mass is 252 g/mol. The molecule has 1 saturated carbocycles. The van der Waals surface area contributed by atoms with E-state index in [0.29, 0.717) is 11.5 Å². The fourth-order valence-corrected chi connectivity index (χ4v) is 1.43. The van der Waals surface area contributed by atoms with Gasteiger partial charge in [-0.2, -0.15) is 0 Å². The summed E-state index contributed by atoms with van der Waals surface area (Å²) in [5.74, 6) is -0.124. The molecular weight excluding hydrogens is 236 g/mol. The molecule has 5 nitrogen and oxygen atoms in total. The largest absolute Gasteiger partial charge is 0.487 e. The molecule has 0 aromatic heterocycles. The second-order valence-electron chi connectivity index (χ2n) is 4.44. The summed E-state index contributed by atoms with van der Waals surface area (Å²) in [5.41, 5.74) is 0.138. The van der Waals surface area contributed by atoms with Crippen LogP contribution in [0.1, 0.15) is 30.1 Å². The van der Waals surface area contributed by atoms with E-state index in [-0.39, 0.29) is 18.3 Å². The Morgan fingerprint density at radius 1 is 1.44 bits per heavy atom. The van der Waals surface area contributed by atoms with Crippen LogP contribution in [0.4, 0.5) is 0 Å². The van der Waals surface area contributed by atoms with Gasteiger partial charge in [-0.1, -0.05) is 0 Å². The number of carbonyl (C=O) groups is 1. The summed E-state index contributed by atoms with van der Waals surface area (Å²) >= 11 is 0. The van der Waals surface area contributed by atoms with E-state index in [0.717, 1.165) is 12.8 Å². The van der Waals surface area contributed by atoms with Gasteiger partial charge in [-0.3, -0.25) is 0 Å². The van der Waals surface area contributed by atoms with Gasteiger partial charge in [-0.15, -0.1) is 0 Å². The van der Waals surface area contributed by atoms with Crippen LogP contribution < -0.4 is 9.47 Å². The average molecular weight is 252 g/mol. The zero-order valence-electron chi connectivity index (χ0n) is 10.1. The third kappa shape index (κ3) is 3.37. The molecule has 0 heterocycles. The van der Waals surface area contributed by atoms with Crippen molar-refractivity contribution in [1.82, 2.24) is 0 Å². The quantitative estimate of drug-likeness (QED) is 0.805. The minimum absolute atomic E-state index is 0.101. The lowest BCUT2D eigenvalue weighted by molar-refractivity contribution is 0.0696. The molecule has 1 aromatic carbocycles. The first kappa shape index (κ1) is 12.7. The van der Waals surface area contributed by atoms with Crippen molar-refractivity contribution in [2.24, 2.45) is 0 Å². The first-order valence-corrected chi connectivity index (χ1v) is 5.91. The van der Waals surface area contributed by atoms with Crippen LogP contribution in [-0.2, 0) is 0 Å². The van der Waals surface area contributed by atoms with Crippen LogP contribution in [0.25, 0.3) is 0 Å². The van der Waals surface area contributed by atoms with Crippen molar-refractivity contribution in [3.05, 3.63) is 23.8 Å². The molecule has 18 heavy (non-hydrogen) atoms. The smallest absolute Gasteiger partial charge is 0.335 e. The Balaban J connectivity index is 2.17. The first-order valence-electron chi connectivity index (χ1n) is 5.91. The van der Waals surface area contributed by atoms with E-state index in [2.05, 4.69) is 0 Å². The van der Waals surface area contributed by atoms with E-state index >= 15 is 0 Å². The SMILES string of the molecule is C[C@@H](O)COc1cc(C(=O)O)ccc1OC1CC1. The van der Waals surface area contributed by atoms with Crippen molar-refractivity contribution in [3.63, 3.8) is 0 Å². The second kappa shape index (κ2) is 5.27. The normalized spacial score (nSPS) is 16.1. The molecule has 1 atom stereocenters. The highest BCUT2D eigenvalue weighted by atomic mass is 16.5. The summed E-state index contributed by atoms with van der Waals surface area (Å²) in [6, 6.07) is 4.50. The van der Waals surface area contributed by atoms with Crippen molar-refractivity contribution >= 4 is 5.97 Å². The van der Waals surface area contributed by atoms with Gasteiger partial charge < -0.3 is 19.7 Å². The third-order valence-corrected chi connectivity index (χ3v) is 2.49. The molecule has 1 aliphatic rings. The van der Waals surface area contributed by atoms with Gasteiger partial charge in [0, 0.05) is 0 Å². The molecule has 1 aliphatic carbocycles. The van der Waals surface area contributed by atoms with Gasteiger partial charge in [0.25, 0.3) is 0 Å². The molecule has 98 valence electrons. The molecule has 5 heteroatoms. The molecule has 0 aliphatic heterocycles. The van der Waals surface area contributed by atoms with Crippen molar-refractivity contribution in [3.8, 4) is 11.5 Å². The van der Waals surface area contributed by atoms with Gasteiger partial charge in [0.05, 0.1) is 17.8 Å². The Hall–Kier alpha value is -1.75. The Bertz CT molecular complexity index is 437. The highest BCUT2D eigenvalue weighted by molar-refractivity contribution is 5.88. The fourth-order valence-electron chi connectivity index (χ4n) is 1.43. The second-order valence-corrected chi connectivity index (χ2v) is 4.44. The number of ether oxygens (including phenoxy) is 2. The molecule has 1 fully saturated rings. The lowest BCUT2D eigenvalue weighted by Crippen LogP contribution is -2.14. The Morgan fingerprint density at radius 3 is 2.72 bits per heavy atom. The number of aliphatic hydroxyl groups excluding tert-OH is 1. The molecule has 0 bridgehead atoms. The Kier molecular flexibility index (Phi) is 3.72. The van der Waals surface area contributed by atoms with E-state index in [1.807, 2.05) is 0 Å². The zero-order chi connectivity index (χ0) is 13.1. The van der Waals surface area contributed by atoms with Crippen LogP contribution in [0.3, 0.4) is 0 Å². The predicted octanol–water partition coefficient (Wildman–Crippen LogP) is 1.69. The predicted molar refractivity (Wildman–Crippen MR) is 64.2 cm³/mol. The molecule has 0 saturated heterocycles. The standard InChI is InChI=1S/C13H16O5/c1-8(14)7-17-12-6-9(13(15)16)2-5-11(12)18-10-3-4-10/h2,5-6,8,10,14H,3-4,7H2,1H3,(H,15,16)/t8-/m1/s1. The summed E-state index contributed by atoms with van der Waals surface area (Å²) in [7, 11) is 0. The lowest BCUT2D eigenvalue weighted by Gasteiger charge is -2.14. The molecule has 2 rings (SSSR count). The van der Waals surface area contributed by atoms with Gasteiger partial charge in [0.15, 0.2) is 11.5 Å². The van der Waals surface area contributed by atoms with Gasteiger partial charge in [0.2, 0.25) is 0 Å². The summed E-state index contributed by atoms with van der Waals surface area (Å²) < 4.78 is 11.0. The molecule has 0 spiro atoms. The third-order valence-electron chi connectivity index (χ3n) is 2.49. The minimum Gasteiger partial charge on any atom is -0.487 e. The Labute approximate surface area is 105 Å². The molecule has 0 radical (unpaired) electrons. The van der Waals surface area contributed by atoms with Crippen LogP contribution in [-0.4, -0.2) is 35.0 Å². The van der Waals surface area contributed by atoms with Crippen LogP contribution >= 0.6 is 0 Å². The number of benzene rings is 1. The van der Waals surface area contributed by atoms with Gasteiger partial charge >= 0.3 is 5.97 Å². The number of hydrogen-bond donors (Lipinski definition) is 2. The van der Waals surface area contributed by atoms with Crippen LogP contribution in [0.2, 0.25) is 0 Å². The number of rotatable bonds is 6. The number of carboxylic acids is 1. The van der Waals surface area contributed by atoms with Crippen molar-refractivity contribution < 1.29 is 24.5 Å². The van der Waals surface area contributed by atoms with Gasteiger partial charge in [-0.25, -0.2) is 4.79 Å².